The minimum atomic E-state index is -0.916. The molecule has 1 aliphatic heterocycles. The Bertz CT molecular complexity index is 484. The summed E-state index contributed by atoms with van der Waals surface area (Å²) in [5.74, 6) is 0.420. The summed E-state index contributed by atoms with van der Waals surface area (Å²) >= 11 is 1.54. The molecule has 1 saturated heterocycles. The van der Waals surface area contributed by atoms with Crippen molar-refractivity contribution in [1.82, 2.24) is 4.90 Å². The zero-order valence-corrected chi connectivity index (χ0v) is 12.2. The number of aromatic carboxylic acids is 1. The zero-order valence-electron chi connectivity index (χ0n) is 11.4. The molecule has 0 aromatic heterocycles. The van der Waals surface area contributed by atoms with Crippen molar-refractivity contribution in [3.63, 3.8) is 0 Å². The SMILES string of the molecule is O=C(O)c1cccc(CSCC(=O)N2CCCCC2)c1. The number of carbonyl (C=O) groups excluding carboxylic acids is 1. The topological polar surface area (TPSA) is 57.6 Å². The Hall–Kier alpha value is -1.49. The van der Waals surface area contributed by atoms with Crippen LogP contribution < -0.4 is 0 Å². The third-order valence-corrected chi connectivity index (χ3v) is 4.37. The Labute approximate surface area is 123 Å². The number of hydrogen-bond donors (Lipinski definition) is 1. The molecule has 5 heteroatoms. The van der Waals surface area contributed by atoms with E-state index in [9.17, 15) is 9.59 Å². The molecule has 0 unspecified atom stereocenters. The number of rotatable bonds is 5. The summed E-state index contributed by atoms with van der Waals surface area (Å²) in [5, 5.41) is 8.93. The first-order valence-electron chi connectivity index (χ1n) is 6.84. The van der Waals surface area contributed by atoms with Gasteiger partial charge in [-0.25, -0.2) is 4.79 Å². The Morgan fingerprint density at radius 3 is 2.65 bits per heavy atom. The van der Waals surface area contributed by atoms with Gasteiger partial charge in [0, 0.05) is 18.8 Å². The van der Waals surface area contributed by atoms with Crippen molar-refractivity contribution in [2.75, 3.05) is 18.8 Å². The monoisotopic (exact) mass is 293 g/mol. The van der Waals surface area contributed by atoms with Gasteiger partial charge in [-0.1, -0.05) is 12.1 Å². The lowest BCUT2D eigenvalue weighted by Crippen LogP contribution is -2.36. The molecule has 0 radical (unpaired) electrons. The molecule has 0 saturated carbocycles. The first-order chi connectivity index (χ1) is 9.66. The van der Waals surface area contributed by atoms with E-state index in [-0.39, 0.29) is 5.91 Å². The second-order valence-corrected chi connectivity index (χ2v) is 5.93. The molecule has 20 heavy (non-hydrogen) atoms. The largest absolute Gasteiger partial charge is 0.478 e. The number of nitrogens with zero attached hydrogens (tertiary/aromatic N) is 1. The summed E-state index contributed by atoms with van der Waals surface area (Å²) in [6, 6.07) is 6.88. The highest BCUT2D eigenvalue weighted by Gasteiger charge is 2.16. The summed E-state index contributed by atoms with van der Waals surface area (Å²) < 4.78 is 0. The van der Waals surface area contributed by atoms with Crippen molar-refractivity contribution < 1.29 is 14.7 Å². The second-order valence-electron chi connectivity index (χ2n) is 4.94. The molecule has 0 aliphatic carbocycles. The van der Waals surface area contributed by atoms with Crippen LogP contribution in [0.15, 0.2) is 24.3 Å². The number of carboxylic acids is 1. The highest BCUT2D eigenvalue weighted by molar-refractivity contribution is 7.99. The van der Waals surface area contributed by atoms with Gasteiger partial charge in [0.05, 0.1) is 11.3 Å². The maximum Gasteiger partial charge on any atom is 0.335 e. The molecule has 0 atom stereocenters. The van der Waals surface area contributed by atoms with Crippen LogP contribution in [0.25, 0.3) is 0 Å². The lowest BCUT2D eigenvalue weighted by molar-refractivity contribution is -0.129. The van der Waals surface area contributed by atoms with E-state index in [1.807, 2.05) is 11.0 Å². The van der Waals surface area contributed by atoms with Crippen molar-refractivity contribution in [1.29, 1.82) is 0 Å². The highest BCUT2D eigenvalue weighted by Crippen LogP contribution is 2.16. The molecule has 1 heterocycles. The van der Waals surface area contributed by atoms with E-state index in [0.717, 1.165) is 31.5 Å². The van der Waals surface area contributed by atoms with Crippen LogP contribution in [-0.4, -0.2) is 40.7 Å². The Kier molecular flexibility index (Phi) is 5.47. The average Bonchev–Trinajstić information content (AvgIpc) is 2.48. The molecule has 0 spiro atoms. The maximum atomic E-state index is 12.0. The summed E-state index contributed by atoms with van der Waals surface area (Å²) in [6.45, 7) is 1.77. The molecule has 1 aliphatic rings. The number of amides is 1. The Morgan fingerprint density at radius 1 is 1.20 bits per heavy atom. The van der Waals surface area contributed by atoms with E-state index < -0.39 is 5.97 Å². The minimum absolute atomic E-state index is 0.198. The molecular formula is C15H19NO3S. The van der Waals surface area contributed by atoms with Gasteiger partial charge in [-0.05, 0) is 37.0 Å². The van der Waals surface area contributed by atoms with Crippen molar-refractivity contribution in [2.45, 2.75) is 25.0 Å². The first-order valence-corrected chi connectivity index (χ1v) is 8.00. The van der Waals surface area contributed by atoms with E-state index in [1.54, 1.807) is 30.0 Å². The van der Waals surface area contributed by atoms with E-state index >= 15 is 0 Å². The number of carboxylic acid groups (broad SMARTS) is 1. The number of benzene rings is 1. The summed E-state index contributed by atoms with van der Waals surface area (Å²) in [4.78, 5) is 24.8. The number of likely N-dealkylation sites (tertiary alicyclic amines) is 1. The molecule has 108 valence electrons. The molecule has 0 bridgehead atoms. The number of carbonyl (C=O) groups is 2. The molecule has 1 aromatic rings. The van der Waals surface area contributed by atoms with Crippen molar-refractivity contribution in [3.05, 3.63) is 35.4 Å². The highest BCUT2D eigenvalue weighted by atomic mass is 32.2. The minimum Gasteiger partial charge on any atom is -0.478 e. The zero-order chi connectivity index (χ0) is 14.4. The van der Waals surface area contributed by atoms with Crippen molar-refractivity contribution in [2.24, 2.45) is 0 Å². The van der Waals surface area contributed by atoms with Gasteiger partial charge < -0.3 is 10.0 Å². The smallest absolute Gasteiger partial charge is 0.335 e. The summed E-state index contributed by atoms with van der Waals surface area (Å²) in [6.07, 6.45) is 3.44. The standard InChI is InChI=1S/C15H19NO3S/c17-14(16-7-2-1-3-8-16)11-20-10-12-5-4-6-13(9-12)15(18)19/h4-6,9H,1-3,7-8,10-11H2,(H,18,19). The van der Waals surface area contributed by atoms with Gasteiger partial charge in [-0.2, -0.15) is 0 Å². The van der Waals surface area contributed by atoms with Gasteiger partial charge >= 0.3 is 5.97 Å². The maximum absolute atomic E-state index is 12.0. The van der Waals surface area contributed by atoms with Crippen LogP contribution in [0.5, 0.6) is 0 Å². The van der Waals surface area contributed by atoms with Crippen LogP contribution in [0.2, 0.25) is 0 Å². The van der Waals surface area contributed by atoms with Crippen molar-refractivity contribution >= 4 is 23.6 Å². The van der Waals surface area contributed by atoms with E-state index in [1.165, 1.54) is 6.42 Å². The lowest BCUT2D eigenvalue weighted by atomic mass is 10.1. The van der Waals surface area contributed by atoms with Gasteiger partial charge in [0.1, 0.15) is 0 Å². The van der Waals surface area contributed by atoms with Gasteiger partial charge in [-0.15, -0.1) is 11.8 Å². The third kappa shape index (κ3) is 4.27. The Balaban J connectivity index is 1.79. The predicted molar refractivity (Wildman–Crippen MR) is 80.0 cm³/mol. The fourth-order valence-corrected chi connectivity index (χ4v) is 3.16. The summed E-state index contributed by atoms with van der Waals surface area (Å²) in [5.41, 5.74) is 1.24. The summed E-state index contributed by atoms with van der Waals surface area (Å²) in [7, 11) is 0. The fourth-order valence-electron chi connectivity index (χ4n) is 2.28. The predicted octanol–water partition coefficient (Wildman–Crippen LogP) is 2.63. The van der Waals surface area contributed by atoms with E-state index in [2.05, 4.69) is 0 Å². The molecule has 2 rings (SSSR count). The van der Waals surface area contributed by atoms with Crippen LogP contribution in [0.1, 0.15) is 35.2 Å². The molecule has 1 fully saturated rings. The number of piperidine rings is 1. The van der Waals surface area contributed by atoms with E-state index in [4.69, 9.17) is 5.11 Å². The molecular weight excluding hydrogens is 274 g/mol. The van der Waals surface area contributed by atoms with E-state index in [0.29, 0.717) is 17.1 Å². The molecule has 1 aromatic carbocycles. The van der Waals surface area contributed by atoms with Crippen LogP contribution in [0.3, 0.4) is 0 Å². The molecule has 4 nitrogen and oxygen atoms in total. The van der Waals surface area contributed by atoms with Gasteiger partial charge in [-0.3, -0.25) is 4.79 Å². The van der Waals surface area contributed by atoms with Gasteiger partial charge in [0.2, 0.25) is 5.91 Å². The van der Waals surface area contributed by atoms with Crippen LogP contribution >= 0.6 is 11.8 Å². The van der Waals surface area contributed by atoms with Crippen LogP contribution in [0, 0.1) is 0 Å². The molecule has 1 amide bonds. The van der Waals surface area contributed by atoms with Crippen LogP contribution in [0.4, 0.5) is 0 Å². The van der Waals surface area contributed by atoms with Crippen molar-refractivity contribution in [3.8, 4) is 0 Å². The lowest BCUT2D eigenvalue weighted by Gasteiger charge is -2.26. The number of hydrogen-bond acceptors (Lipinski definition) is 3. The normalized spacial score (nSPS) is 15.1. The fraction of sp³-hybridized carbons (Fsp3) is 0.467. The second kappa shape index (κ2) is 7.33. The van der Waals surface area contributed by atoms with Crippen LogP contribution in [-0.2, 0) is 10.5 Å². The van der Waals surface area contributed by atoms with Gasteiger partial charge in [0.25, 0.3) is 0 Å². The first kappa shape index (κ1) is 14.9. The quantitative estimate of drug-likeness (QED) is 0.906. The third-order valence-electron chi connectivity index (χ3n) is 3.38. The van der Waals surface area contributed by atoms with Gasteiger partial charge in [0.15, 0.2) is 0 Å². The Morgan fingerprint density at radius 2 is 1.95 bits per heavy atom. The number of thioether (sulfide) groups is 1. The molecule has 1 N–H and O–H groups in total. The average molecular weight is 293 g/mol.